The molecule has 1 rings (SSSR count). The maximum absolute atomic E-state index is 10.8. The first-order valence-corrected chi connectivity index (χ1v) is 5.80. The van der Waals surface area contributed by atoms with Gasteiger partial charge in [-0.25, -0.2) is 0 Å². The molecule has 0 fully saturated rings. The highest BCUT2D eigenvalue weighted by Gasteiger charge is 2.18. The summed E-state index contributed by atoms with van der Waals surface area (Å²) in [5.41, 5.74) is 0.589. The Hall–Kier alpha value is -1.30. The van der Waals surface area contributed by atoms with Crippen LogP contribution in [0.2, 0.25) is 0 Å². The van der Waals surface area contributed by atoms with Crippen molar-refractivity contribution in [1.29, 1.82) is 0 Å². The predicted octanol–water partition coefficient (Wildman–Crippen LogP) is 2.90. The van der Waals surface area contributed by atoms with Gasteiger partial charge in [0.05, 0.1) is 24.7 Å². The van der Waals surface area contributed by atoms with E-state index in [1.54, 1.807) is 6.07 Å². The van der Waals surface area contributed by atoms with Crippen LogP contribution in [0, 0.1) is 10.1 Å². The topological polar surface area (TPSA) is 61.6 Å². The van der Waals surface area contributed by atoms with Crippen LogP contribution in [0.5, 0.6) is 11.5 Å². The van der Waals surface area contributed by atoms with Crippen LogP contribution in [0.4, 0.5) is 5.69 Å². The zero-order valence-electron chi connectivity index (χ0n) is 9.03. The molecule has 16 heavy (non-hydrogen) atoms. The highest BCUT2D eigenvalue weighted by Crippen LogP contribution is 2.35. The van der Waals surface area contributed by atoms with Crippen molar-refractivity contribution in [3.63, 3.8) is 0 Å². The third-order valence-electron chi connectivity index (χ3n) is 2.01. The number of hydrogen-bond acceptors (Lipinski definition) is 4. The molecule has 88 valence electrons. The molecule has 0 atom stereocenters. The molecule has 0 saturated carbocycles. The fourth-order valence-electron chi connectivity index (χ4n) is 1.30. The van der Waals surface area contributed by atoms with Crippen molar-refractivity contribution in [3.05, 3.63) is 27.8 Å². The van der Waals surface area contributed by atoms with E-state index in [4.69, 9.17) is 9.47 Å². The number of nitro groups is 1. The van der Waals surface area contributed by atoms with Crippen molar-refractivity contribution in [2.45, 2.75) is 12.3 Å². The Bertz CT molecular complexity index is 395. The molecule has 0 heterocycles. The first-order chi connectivity index (χ1) is 7.63. The summed E-state index contributed by atoms with van der Waals surface area (Å²) in [5.74, 6) is 0.892. The van der Waals surface area contributed by atoms with Gasteiger partial charge in [-0.1, -0.05) is 15.9 Å². The molecule has 0 amide bonds. The highest BCUT2D eigenvalue weighted by atomic mass is 79.9. The molecule has 0 aliphatic carbocycles. The van der Waals surface area contributed by atoms with Gasteiger partial charge in [-0.2, -0.15) is 0 Å². The number of rotatable bonds is 5. The summed E-state index contributed by atoms with van der Waals surface area (Å²) < 4.78 is 10.4. The number of benzene rings is 1. The van der Waals surface area contributed by atoms with Gasteiger partial charge in [-0.05, 0) is 13.0 Å². The Morgan fingerprint density at radius 3 is 2.56 bits per heavy atom. The fourth-order valence-corrected chi connectivity index (χ4v) is 1.75. The van der Waals surface area contributed by atoms with Crippen molar-refractivity contribution >= 4 is 21.6 Å². The van der Waals surface area contributed by atoms with Crippen LogP contribution in [0.15, 0.2) is 12.1 Å². The van der Waals surface area contributed by atoms with Gasteiger partial charge in [0.1, 0.15) is 0 Å². The second kappa shape index (κ2) is 5.69. The molecule has 1 aromatic carbocycles. The number of halogens is 1. The van der Waals surface area contributed by atoms with Crippen molar-refractivity contribution in [2.24, 2.45) is 0 Å². The van der Waals surface area contributed by atoms with Crippen LogP contribution in [0.25, 0.3) is 0 Å². The molecule has 0 radical (unpaired) electrons. The number of nitrogens with zero attached hydrogens (tertiary/aromatic N) is 1. The first-order valence-electron chi connectivity index (χ1n) is 4.68. The van der Waals surface area contributed by atoms with E-state index < -0.39 is 4.92 Å². The van der Waals surface area contributed by atoms with E-state index in [9.17, 15) is 10.1 Å². The van der Waals surface area contributed by atoms with Crippen LogP contribution in [-0.2, 0) is 5.33 Å². The summed E-state index contributed by atoms with van der Waals surface area (Å²) in [6.07, 6.45) is 0. The smallest absolute Gasteiger partial charge is 0.277 e. The van der Waals surface area contributed by atoms with Gasteiger partial charge >= 0.3 is 0 Å². The lowest BCUT2D eigenvalue weighted by atomic mass is 10.2. The van der Waals surface area contributed by atoms with E-state index in [0.29, 0.717) is 29.0 Å². The van der Waals surface area contributed by atoms with E-state index in [2.05, 4.69) is 15.9 Å². The lowest BCUT2D eigenvalue weighted by Gasteiger charge is -2.10. The molecule has 5 nitrogen and oxygen atoms in total. The summed E-state index contributed by atoms with van der Waals surface area (Å²) in [6, 6.07) is 3.00. The van der Waals surface area contributed by atoms with Gasteiger partial charge in [-0.3, -0.25) is 10.1 Å². The molecule has 0 N–H and O–H groups in total. The van der Waals surface area contributed by atoms with Crippen LogP contribution in [0.3, 0.4) is 0 Å². The molecule has 0 aliphatic rings. The zero-order valence-corrected chi connectivity index (χ0v) is 10.6. The molecule has 0 saturated heterocycles. The second-order valence-corrected chi connectivity index (χ2v) is 3.52. The Labute approximate surface area is 102 Å². The molecule has 1 aromatic rings. The minimum absolute atomic E-state index is 0.0288. The minimum atomic E-state index is -0.432. The second-order valence-electron chi connectivity index (χ2n) is 2.96. The number of hydrogen-bond donors (Lipinski definition) is 0. The summed E-state index contributed by atoms with van der Waals surface area (Å²) in [6.45, 7) is 2.24. The third kappa shape index (κ3) is 2.63. The average molecular weight is 290 g/mol. The quantitative estimate of drug-likeness (QED) is 0.475. The molecule has 0 bridgehead atoms. The van der Waals surface area contributed by atoms with Crippen molar-refractivity contribution < 1.29 is 14.4 Å². The van der Waals surface area contributed by atoms with Gasteiger partial charge in [0.15, 0.2) is 11.5 Å². The fraction of sp³-hybridized carbons (Fsp3) is 0.400. The molecule has 0 aromatic heterocycles. The predicted molar refractivity (Wildman–Crippen MR) is 63.4 cm³/mol. The number of methoxy groups -OCH3 is 1. The SMILES string of the molecule is CCOc1cc([N+](=O)[O-])c(CBr)cc1OC. The van der Waals surface area contributed by atoms with Crippen LogP contribution in [-0.4, -0.2) is 18.6 Å². The average Bonchev–Trinajstić information content (AvgIpc) is 2.28. The van der Waals surface area contributed by atoms with Crippen molar-refractivity contribution in [3.8, 4) is 11.5 Å². The van der Waals surface area contributed by atoms with E-state index in [0.717, 1.165) is 0 Å². The van der Waals surface area contributed by atoms with Gasteiger partial charge in [0.25, 0.3) is 5.69 Å². The molecule has 0 spiro atoms. The largest absolute Gasteiger partial charge is 0.493 e. The van der Waals surface area contributed by atoms with Gasteiger partial charge in [0, 0.05) is 10.9 Å². The minimum Gasteiger partial charge on any atom is -0.493 e. The number of ether oxygens (including phenoxy) is 2. The standard InChI is InChI=1S/C10H12BrNO4/c1-3-16-10-5-8(12(13)14)7(6-11)4-9(10)15-2/h4-5H,3,6H2,1-2H3. The summed E-state index contributed by atoms with van der Waals surface area (Å²) in [5, 5.41) is 11.2. The molecular weight excluding hydrogens is 278 g/mol. The van der Waals surface area contributed by atoms with Gasteiger partial charge < -0.3 is 9.47 Å². The van der Waals surface area contributed by atoms with Crippen molar-refractivity contribution in [2.75, 3.05) is 13.7 Å². The molecule has 0 aliphatic heterocycles. The Balaban J connectivity index is 3.28. The Kier molecular flexibility index (Phi) is 4.54. The normalized spacial score (nSPS) is 9.94. The lowest BCUT2D eigenvalue weighted by molar-refractivity contribution is -0.385. The maximum atomic E-state index is 10.8. The maximum Gasteiger partial charge on any atom is 0.277 e. The van der Waals surface area contributed by atoms with E-state index in [1.807, 2.05) is 6.92 Å². The van der Waals surface area contributed by atoms with E-state index >= 15 is 0 Å². The van der Waals surface area contributed by atoms with E-state index in [1.165, 1.54) is 13.2 Å². The van der Waals surface area contributed by atoms with Crippen LogP contribution >= 0.6 is 15.9 Å². The van der Waals surface area contributed by atoms with E-state index in [-0.39, 0.29) is 5.69 Å². The summed E-state index contributed by atoms with van der Waals surface area (Å²) in [4.78, 5) is 10.4. The highest BCUT2D eigenvalue weighted by molar-refractivity contribution is 9.08. The molecular formula is C10H12BrNO4. The van der Waals surface area contributed by atoms with Crippen molar-refractivity contribution in [1.82, 2.24) is 0 Å². The molecule has 6 heteroatoms. The third-order valence-corrected chi connectivity index (χ3v) is 2.61. The summed E-state index contributed by atoms with van der Waals surface area (Å²) >= 11 is 3.20. The monoisotopic (exact) mass is 289 g/mol. The lowest BCUT2D eigenvalue weighted by Crippen LogP contribution is -2.00. The molecule has 0 unspecified atom stereocenters. The Morgan fingerprint density at radius 1 is 1.44 bits per heavy atom. The first kappa shape index (κ1) is 12.8. The number of nitro benzene ring substituents is 1. The van der Waals surface area contributed by atoms with Gasteiger partial charge in [0.2, 0.25) is 0 Å². The van der Waals surface area contributed by atoms with Gasteiger partial charge in [-0.15, -0.1) is 0 Å². The van der Waals surface area contributed by atoms with Crippen LogP contribution < -0.4 is 9.47 Å². The zero-order chi connectivity index (χ0) is 12.1. The van der Waals surface area contributed by atoms with Crippen LogP contribution in [0.1, 0.15) is 12.5 Å². The Morgan fingerprint density at radius 2 is 2.12 bits per heavy atom. The number of alkyl halides is 1. The summed E-state index contributed by atoms with van der Waals surface area (Å²) in [7, 11) is 1.50.